The molecule has 1 amide bonds. The lowest BCUT2D eigenvalue weighted by Gasteiger charge is -2.24. The van der Waals surface area contributed by atoms with Gasteiger partial charge in [-0.15, -0.1) is 0 Å². The molecule has 2 aromatic rings. The summed E-state index contributed by atoms with van der Waals surface area (Å²) in [7, 11) is -3.56. The van der Waals surface area contributed by atoms with Crippen molar-refractivity contribution in [2.45, 2.75) is 33.2 Å². The molecule has 0 heterocycles. The van der Waals surface area contributed by atoms with Gasteiger partial charge in [-0.2, -0.15) is 0 Å². The number of benzene rings is 2. The second kappa shape index (κ2) is 8.36. The molecule has 1 unspecified atom stereocenters. The zero-order valence-electron chi connectivity index (χ0n) is 15.7. The minimum absolute atomic E-state index is 0.154. The van der Waals surface area contributed by atoms with E-state index in [2.05, 4.69) is 11.4 Å². The summed E-state index contributed by atoms with van der Waals surface area (Å²) in [6.07, 6.45) is 1.83. The van der Waals surface area contributed by atoms with Gasteiger partial charge in [-0.05, 0) is 49.1 Å². The first-order valence-electron chi connectivity index (χ1n) is 8.61. The molecule has 2 rings (SSSR count). The maximum Gasteiger partial charge on any atom is 0.241 e. The number of carbonyl (C=O) groups excluding carboxylic acids is 1. The van der Waals surface area contributed by atoms with Crippen LogP contribution in [0, 0.1) is 13.8 Å². The van der Waals surface area contributed by atoms with Gasteiger partial charge in [0.05, 0.1) is 18.0 Å². The molecule has 1 N–H and O–H groups in total. The lowest BCUT2D eigenvalue weighted by molar-refractivity contribution is -0.120. The molecule has 1 atom stereocenters. The summed E-state index contributed by atoms with van der Waals surface area (Å²) in [5.41, 5.74) is 3.86. The Kier molecular flexibility index (Phi) is 6.42. The second-order valence-corrected chi connectivity index (χ2v) is 8.38. The summed E-state index contributed by atoms with van der Waals surface area (Å²) in [4.78, 5) is 12.6. The van der Waals surface area contributed by atoms with Gasteiger partial charge in [-0.3, -0.25) is 9.10 Å². The summed E-state index contributed by atoms with van der Waals surface area (Å²) in [6, 6.07) is 14.6. The van der Waals surface area contributed by atoms with Gasteiger partial charge in [-0.25, -0.2) is 8.42 Å². The summed E-state index contributed by atoms with van der Waals surface area (Å²) in [6.45, 7) is 5.83. The van der Waals surface area contributed by atoms with E-state index in [-0.39, 0.29) is 18.5 Å². The molecule has 0 radical (unpaired) electrons. The van der Waals surface area contributed by atoms with E-state index in [1.54, 1.807) is 30.3 Å². The third-order valence-electron chi connectivity index (χ3n) is 4.41. The maximum atomic E-state index is 12.6. The predicted octanol–water partition coefficient (Wildman–Crippen LogP) is 3.34. The van der Waals surface area contributed by atoms with Gasteiger partial charge in [-0.1, -0.05) is 43.3 Å². The van der Waals surface area contributed by atoms with Gasteiger partial charge in [0.1, 0.15) is 6.54 Å². The van der Waals surface area contributed by atoms with Crippen LogP contribution in [-0.4, -0.2) is 27.1 Å². The third kappa shape index (κ3) is 5.08. The van der Waals surface area contributed by atoms with Crippen molar-refractivity contribution in [1.29, 1.82) is 0 Å². The maximum absolute atomic E-state index is 12.6. The van der Waals surface area contributed by atoms with Crippen LogP contribution in [0.3, 0.4) is 0 Å². The fourth-order valence-corrected chi connectivity index (χ4v) is 3.62. The van der Waals surface area contributed by atoms with Crippen molar-refractivity contribution in [3.05, 3.63) is 65.2 Å². The molecule has 0 saturated carbocycles. The fourth-order valence-electron chi connectivity index (χ4n) is 2.77. The molecule has 0 saturated heterocycles. The first-order valence-corrected chi connectivity index (χ1v) is 10.5. The quantitative estimate of drug-likeness (QED) is 0.808. The Morgan fingerprint density at radius 1 is 1.08 bits per heavy atom. The van der Waals surface area contributed by atoms with Crippen molar-refractivity contribution < 1.29 is 13.2 Å². The number of para-hydroxylation sites is 1. The molecule has 140 valence electrons. The number of carbonyl (C=O) groups is 1. The van der Waals surface area contributed by atoms with Crippen LogP contribution in [-0.2, 0) is 14.8 Å². The lowest BCUT2D eigenvalue weighted by atomic mass is 9.99. The van der Waals surface area contributed by atoms with Crippen molar-refractivity contribution in [2.24, 2.45) is 0 Å². The standard InChI is InChI=1S/C20H26N2O3S/c1-5-19(17-12-11-15(2)16(3)13-17)21-20(23)14-22(26(4,24)25)18-9-7-6-8-10-18/h6-13,19H,5,14H2,1-4H3,(H,21,23). The molecular weight excluding hydrogens is 348 g/mol. The van der Waals surface area contributed by atoms with Gasteiger partial charge < -0.3 is 5.32 Å². The first-order chi connectivity index (χ1) is 12.2. The van der Waals surface area contributed by atoms with E-state index in [4.69, 9.17) is 0 Å². The number of anilines is 1. The summed E-state index contributed by atoms with van der Waals surface area (Å²) in [5, 5.41) is 2.96. The van der Waals surface area contributed by atoms with Crippen LogP contribution in [0.15, 0.2) is 48.5 Å². The van der Waals surface area contributed by atoms with Crippen LogP contribution in [0.5, 0.6) is 0 Å². The smallest absolute Gasteiger partial charge is 0.241 e. The van der Waals surface area contributed by atoms with E-state index in [1.165, 1.54) is 5.56 Å². The van der Waals surface area contributed by atoms with E-state index in [0.717, 1.165) is 28.1 Å². The molecule has 0 spiro atoms. The van der Waals surface area contributed by atoms with Crippen LogP contribution >= 0.6 is 0 Å². The highest BCUT2D eigenvalue weighted by molar-refractivity contribution is 7.92. The van der Waals surface area contributed by atoms with E-state index in [0.29, 0.717) is 5.69 Å². The Bertz CT molecular complexity index is 864. The zero-order valence-corrected chi connectivity index (χ0v) is 16.5. The number of hydrogen-bond acceptors (Lipinski definition) is 3. The molecule has 2 aromatic carbocycles. The molecule has 0 fully saturated rings. The van der Waals surface area contributed by atoms with Crippen LogP contribution in [0.1, 0.15) is 36.1 Å². The minimum Gasteiger partial charge on any atom is -0.348 e. The number of hydrogen-bond donors (Lipinski definition) is 1. The van der Waals surface area contributed by atoms with E-state index in [1.807, 2.05) is 32.9 Å². The minimum atomic E-state index is -3.56. The third-order valence-corrected chi connectivity index (χ3v) is 5.55. The molecule has 0 aliphatic carbocycles. The highest BCUT2D eigenvalue weighted by atomic mass is 32.2. The van der Waals surface area contributed by atoms with Crippen molar-refractivity contribution in [2.75, 3.05) is 17.1 Å². The highest BCUT2D eigenvalue weighted by Gasteiger charge is 2.22. The summed E-state index contributed by atoms with van der Waals surface area (Å²) >= 11 is 0. The van der Waals surface area contributed by atoms with Crippen LogP contribution in [0.2, 0.25) is 0 Å². The lowest BCUT2D eigenvalue weighted by Crippen LogP contribution is -2.41. The average Bonchev–Trinajstić information content (AvgIpc) is 2.60. The van der Waals surface area contributed by atoms with Gasteiger partial charge in [0, 0.05) is 0 Å². The van der Waals surface area contributed by atoms with Crippen molar-refractivity contribution >= 4 is 21.6 Å². The number of amides is 1. The number of aryl methyl sites for hydroxylation is 2. The monoisotopic (exact) mass is 374 g/mol. The van der Waals surface area contributed by atoms with Crippen molar-refractivity contribution in [1.82, 2.24) is 5.32 Å². The molecular formula is C20H26N2O3S. The van der Waals surface area contributed by atoms with Crippen molar-refractivity contribution in [3.8, 4) is 0 Å². The molecule has 6 heteroatoms. The van der Waals surface area contributed by atoms with Crippen LogP contribution < -0.4 is 9.62 Å². The van der Waals surface area contributed by atoms with Gasteiger partial charge in [0.2, 0.25) is 15.9 Å². The predicted molar refractivity (Wildman–Crippen MR) is 106 cm³/mol. The molecule has 5 nitrogen and oxygen atoms in total. The topological polar surface area (TPSA) is 66.5 Å². The zero-order chi connectivity index (χ0) is 19.3. The Labute approximate surface area is 156 Å². The number of nitrogens with one attached hydrogen (secondary N) is 1. The Balaban J connectivity index is 2.17. The molecule has 0 bridgehead atoms. The second-order valence-electron chi connectivity index (χ2n) is 6.48. The molecule has 0 aromatic heterocycles. The Hall–Kier alpha value is -2.34. The number of sulfonamides is 1. The Morgan fingerprint density at radius 2 is 1.73 bits per heavy atom. The molecule has 26 heavy (non-hydrogen) atoms. The van der Waals surface area contributed by atoms with Gasteiger partial charge in [0.15, 0.2) is 0 Å². The molecule has 0 aliphatic rings. The van der Waals surface area contributed by atoms with E-state index >= 15 is 0 Å². The number of nitrogens with zero attached hydrogens (tertiary/aromatic N) is 1. The van der Waals surface area contributed by atoms with E-state index < -0.39 is 10.0 Å². The van der Waals surface area contributed by atoms with Gasteiger partial charge in [0.25, 0.3) is 0 Å². The first kappa shape index (κ1) is 20.0. The average molecular weight is 375 g/mol. The fraction of sp³-hybridized carbons (Fsp3) is 0.350. The van der Waals surface area contributed by atoms with Crippen LogP contribution in [0.25, 0.3) is 0 Å². The SMILES string of the molecule is CCC(NC(=O)CN(c1ccccc1)S(C)(=O)=O)c1ccc(C)c(C)c1. The largest absolute Gasteiger partial charge is 0.348 e. The highest BCUT2D eigenvalue weighted by Crippen LogP contribution is 2.21. The molecule has 0 aliphatic heterocycles. The normalized spacial score (nSPS) is 12.5. The summed E-state index contributed by atoms with van der Waals surface area (Å²) < 4.78 is 25.4. The Morgan fingerprint density at radius 3 is 2.27 bits per heavy atom. The van der Waals surface area contributed by atoms with Crippen LogP contribution in [0.4, 0.5) is 5.69 Å². The summed E-state index contributed by atoms with van der Waals surface area (Å²) in [5.74, 6) is -0.329. The van der Waals surface area contributed by atoms with Gasteiger partial charge >= 0.3 is 0 Å². The number of rotatable bonds is 7. The van der Waals surface area contributed by atoms with E-state index in [9.17, 15) is 13.2 Å². The van der Waals surface area contributed by atoms with Crippen molar-refractivity contribution in [3.63, 3.8) is 0 Å².